The molecular formula is C21H19Cl2N3O2S2. The van der Waals surface area contributed by atoms with Gasteiger partial charge >= 0.3 is 0 Å². The van der Waals surface area contributed by atoms with E-state index in [1.54, 1.807) is 54.4 Å². The van der Waals surface area contributed by atoms with Gasteiger partial charge in [0.2, 0.25) is 5.91 Å². The van der Waals surface area contributed by atoms with Gasteiger partial charge in [0.1, 0.15) is 4.34 Å². The molecule has 0 saturated heterocycles. The summed E-state index contributed by atoms with van der Waals surface area (Å²) in [4.78, 5) is 31.2. The van der Waals surface area contributed by atoms with E-state index < -0.39 is 0 Å². The van der Waals surface area contributed by atoms with E-state index in [-0.39, 0.29) is 18.4 Å². The van der Waals surface area contributed by atoms with Crippen molar-refractivity contribution in [2.75, 3.05) is 18.9 Å². The molecule has 9 heteroatoms. The van der Waals surface area contributed by atoms with Crippen molar-refractivity contribution in [1.82, 2.24) is 9.88 Å². The molecule has 0 saturated carbocycles. The van der Waals surface area contributed by atoms with Crippen LogP contribution in [0.15, 0.2) is 52.2 Å². The Balaban J connectivity index is 1.66. The third-order valence-electron chi connectivity index (χ3n) is 4.15. The Hall–Kier alpha value is -2.06. The number of hydrogen-bond acceptors (Lipinski definition) is 5. The van der Waals surface area contributed by atoms with Crippen LogP contribution < -0.4 is 5.32 Å². The largest absolute Gasteiger partial charge is 0.332 e. The molecule has 1 N–H and O–H groups in total. The van der Waals surface area contributed by atoms with Gasteiger partial charge in [0.25, 0.3) is 5.91 Å². The first-order chi connectivity index (χ1) is 14.3. The van der Waals surface area contributed by atoms with Gasteiger partial charge in [-0.3, -0.25) is 9.59 Å². The fourth-order valence-corrected chi connectivity index (χ4v) is 5.03. The second kappa shape index (κ2) is 10.3. The van der Waals surface area contributed by atoms with Crippen LogP contribution in [0.1, 0.15) is 21.6 Å². The Labute approximate surface area is 193 Å². The van der Waals surface area contributed by atoms with Crippen molar-refractivity contribution in [2.45, 2.75) is 17.0 Å². The predicted molar refractivity (Wildman–Crippen MR) is 125 cm³/mol. The molecule has 156 valence electrons. The van der Waals surface area contributed by atoms with E-state index in [1.807, 2.05) is 30.5 Å². The maximum absolute atomic E-state index is 13.0. The maximum Gasteiger partial charge on any atom is 0.254 e. The van der Waals surface area contributed by atoms with Crippen LogP contribution in [0.2, 0.25) is 10.0 Å². The molecule has 2 aromatic carbocycles. The van der Waals surface area contributed by atoms with Crippen LogP contribution in [0.4, 0.5) is 5.69 Å². The molecular weight excluding hydrogens is 461 g/mol. The number of rotatable bonds is 7. The molecule has 3 rings (SSSR count). The van der Waals surface area contributed by atoms with Crippen molar-refractivity contribution in [2.24, 2.45) is 0 Å². The maximum atomic E-state index is 13.0. The Bertz CT molecular complexity index is 1050. The number of likely N-dealkylation sites (N-methyl/N-ethyl adjacent to an activating group) is 1. The lowest BCUT2D eigenvalue weighted by Gasteiger charge is -2.19. The second-order valence-electron chi connectivity index (χ2n) is 6.51. The first-order valence-electron chi connectivity index (χ1n) is 8.97. The third-order valence-corrected chi connectivity index (χ3v) is 6.97. The van der Waals surface area contributed by atoms with Crippen molar-refractivity contribution < 1.29 is 9.59 Å². The SMILES string of the molecule is Cc1csc(SCc2ccccc2C(=O)N(C)CC(=O)Nc2c(Cl)cccc2Cl)n1. The van der Waals surface area contributed by atoms with E-state index in [1.165, 1.54) is 4.90 Å². The summed E-state index contributed by atoms with van der Waals surface area (Å²) in [5, 5.41) is 5.34. The first kappa shape index (κ1) is 22.6. The minimum atomic E-state index is -0.383. The monoisotopic (exact) mass is 479 g/mol. The van der Waals surface area contributed by atoms with Gasteiger partial charge in [-0.25, -0.2) is 4.98 Å². The van der Waals surface area contributed by atoms with Crippen LogP contribution in [0.3, 0.4) is 0 Å². The van der Waals surface area contributed by atoms with Gasteiger partial charge in [-0.15, -0.1) is 11.3 Å². The molecule has 0 unspecified atom stereocenters. The number of halogens is 2. The lowest BCUT2D eigenvalue weighted by molar-refractivity contribution is -0.116. The number of aryl methyl sites for hydroxylation is 1. The predicted octanol–water partition coefficient (Wildman–Crippen LogP) is 5.76. The molecule has 0 bridgehead atoms. The van der Waals surface area contributed by atoms with E-state index in [2.05, 4.69) is 10.3 Å². The average molecular weight is 480 g/mol. The number of carbonyl (C=O) groups excluding carboxylic acids is 2. The number of nitrogens with zero attached hydrogens (tertiary/aromatic N) is 2. The number of aromatic nitrogens is 1. The van der Waals surface area contributed by atoms with E-state index in [4.69, 9.17) is 23.2 Å². The molecule has 0 aliphatic rings. The van der Waals surface area contributed by atoms with E-state index in [9.17, 15) is 9.59 Å². The van der Waals surface area contributed by atoms with Gasteiger partial charge in [-0.05, 0) is 30.7 Å². The van der Waals surface area contributed by atoms with E-state index in [0.717, 1.165) is 15.6 Å². The zero-order valence-electron chi connectivity index (χ0n) is 16.3. The van der Waals surface area contributed by atoms with Crippen LogP contribution in [-0.4, -0.2) is 35.3 Å². The zero-order chi connectivity index (χ0) is 21.7. The summed E-state index contributed by atoms with van der Waals surface area (Å²) in [6, 6.07) is 12.4. The van der Waals surface area contributed by atoms with Crippen LogP contribution in [-0.2, 0) is 10.5 Å². The number of hydrogen-bond donors (Lipinski definition) is 1. The van der Waals surface area contributed by atoms with Gasteiger partial charge in [0.05, 0.1) is 22.3 Å². The summed E-state index contributed by atoms with van der Waals surface area (Å²) in [6.45, 7) is 1.82. The lowest BCUT2D eigenvalue weighted by Crippen LogP contribution is -2.35. The summed E-state index contributed by atoms with van der Waals surface area (Å²) in [5.41, 5.74) is 2.77. The zero-order valence-corrected chi connectivity index (χ0v) is 19.5. The van der Waals surface area contributed by atoms with Crippen LogP contribution >= 0.6 is 46.3 Å². The fourth-order valence-electron chi connectivity index (χ4n) is 2.68. The van der Waals surface area contributed by atoms with E-state index >= 15 is 0 Å². The molecule has 0 aliphatic heterocycles. The molecule has 1 heterocycles. The van der Waals surface area contributed by atoms with Crippen molar-refractivity contribution in [3.8, 4) is 0 Å². The summed E-state index contributed by atoms with van der Waals surface area (Å²) in [6.07, 6.45) is 0. The summed E-state index contributed by atoms with van der Waals surface area (Å²) < 4.78 is 0.958. The number of thioether (sulfide) groups is 1. The number of nitrogens with one attached hydrogen (secondary N) is 1. The number of carbonyl (C=O) groups is 2. The molecule has 0 radical (unpaired) electrons. The van der Waals surface area contributed by atoms with Gasteiger partial charge in [-0.2, -0.15) is 0 Å². The average Bonchev–Trinajstić information content (AvgIpc) is 3.14. The highest BCUT2D eigenvalue weighted by atomic mass is 35.5. The summed E-state index contributed by atoms with van der Waals surface area (Å²) in [7, 11) is 1.59. The number of benzene rings is 2. The standard InChI is InChI=1S/C21H19Cl2N3O2S2/c1-13-11-29-21(24-13)30-12-14-6-3-4-7-15(14)20(28)26(2)10-18(27)25-19-16(22)8-5-9-17(19)23/h3-9,11H,10,12H2,1-2H3,(H,25,27). The van der Waals surface area contributed by atoms with E-state index in [0.29, 0.717) is 27.0 Å². The molecule has 0 aliphatic carbocycles. The van der Waals surface area contributed by atoms with Crippen molar-refractivity contribution in [3.05, 3.63) is 74.7 Å². The quantitative estimate of drug-likeness (QED) is 0.437. The van der Waals surface area contributed by atoms with Gasteiger partial charge in [0.15, 0.2) is 0 Å². The highest BCUT2D eigenvalue weighted by Gasteiger charge is 2.19. The summed E-state index contributed by atoms with van der Waals surface area (Å²) in [5.74, 6) is -0.00248. The molecule has 30 heavy (non-hydrogen) atoms. The molecule has 5 nitrogen and oxygen atoms in total. The first-order valence-corrected chi connectivity index (χ1v) is 11.6. The van der Waals surface area contributed by atoms with Gasteiger partial charge < -0.3 is 10.2 Å². The molecule has 0 spiro atoms. The van der Waals surface area contributed by atoms with Gasteiger partial charge in [0, 0.05) is 29.4 Å². The van der Waals surface area contributed by atoms with Crippen molar-refractivity contribution in [3.63, 3.8) is 0 Å². The highest BCUT2D eigenvalue weighted by Crippen LogP contribution is 2.30. The third kappa shape index (κ3) is 5.76. The number of para-hydroxylation sites is 1. The number of amides is 2. The normalized spacial score (nSPS) is 10.7. The van der Waals surface area contributed by atoms with Crippen LogP contribution in [0.25, 0.3) is 0 Å². The van der Waals surface area contributed by atoms with Gasteiger partial charge in [-0.1, -0.05) is 59.2 Å². The lowest BCUT2D eigenvalue weighted by atomic mass is 10.1. The Kier molecular flexibility index (Phi) is 7.77. The topological polar surface area (TPSA) is 62.3 Å². The molecule has 3 aromatic rings. The van der Waals surface area contributed by atoms with Crippen LogP contribution in [0.5, 0.6) is 0 Å². The van der Waals surface area contributed by atoms with Crippen LogP contribution in [0, 0.1) is 6.92 Å². The van der Waals surface area contributed by atoms with Crippen molar-refractivity contribution >= 4 is 63.8 Å². The fraction of sp³-hybridized carbons (Fsp3) is 0.190. The number of anilines is 1. The molecule has 0 fully saturated rings. The Morgan fingerprint density at radius 1 is 1.13 bits per heavy atom. The summed E-state index contributed by atoms with van der Waals surface area (Å²) >= 11 is 15.3. The second-order valence-corrected chi connectivity index (χ2v) is 9.40. The molecule has 0 atom stereocenters. The Morgan fingerprint density at radius 3 is 2.50 bits per heavy atom. The minimum Gasteiger partial charge on any atom is -0.332 e. The van der Waals surface area contributed by atoms with Crippen molar-refractivity contribution in [1.29, 1.82) is 0 Å². The molecule has 1 aromatic heterocycles. The minimum absolute atomic E-state index is 0.131. The smallest absolute Gasteiger partial charge is 0.254 e. The highest BCUT2D eigenvalue weighted by molar-refractivity contribution is 8.00. The molecule has 2 amide bonds. The number of thiazole rings is 1. The Morgan fingerprint density at radius 2 is 1.83 bits per heavy atom.